The minimum absolute atomic E-state index is 0.00498. The zero-order valence-electron chi connectivity index (χ0n) is 13.0. The summed E-state index contributed by atoms with van der Waals surface area (Å²) in [7, 11) is 0. The van der Waals surface area contributed by atoms with E-state index in [1.54, 1.807) is 12.1 Å². The van der Waals surface area contributed by atoms with Gasteiger partial charge < -0.3 is 19.7 Å². The van der Waals surface area contributed by atoms with Crippen molar-refractivity contribution < 1.29 is 9.84 Å². The molecule has 1 saturated heterocycles. The number of morpholine rings is 1. The van der Waals surface area contributed by atoms with E-state index in [4.69, 9.17) is 4.74 Å². The van der Waals surface area contributed by atoms with E-state index >= 15 is 0 Å². The second-order valence-corrected chi connectivity index (χ2v) is 5.77. The number of aromatic amines is 1. The van der Waals surface area contributed by atoms with Crippen LogP contribution < -0.4 is 10.5 Å². The normalized spacial score (nSPS) is 14.9. The molecule has 3 aromatic rings. The summed E-state index contributed by atoms with van der Waals surface area (Å²) >= 11 is 0. The third kappa shape index (κ3) is 2.61. The van der Waals surface area contributed by atoms with Gasteiger partial charge in [0.05, 0.1) is 24.9 Å². The molecule has 0 unspecified atom stereocenters. The molecule has 2 N–H and O–H groups in total. The summed E-state index contributed by atoms with van der Waals surface area (Å²) in [5, 5.41) is 10.6. The van der Waals surface area contributed by atoms with Gasteiger partial charge in [-0.3, -0.25) is 4.79 Å². The Morgan fingerprint density at radius 3 is 2.79 bits per heavy atom. The lowest BCUT2D eigenvalue weighted by atomic mass is 10.0. The number of hydrogen-bond donors (Lipinski definition) is 2. The number of H-pyrrole nitrogens is 1. The second-order valence-electron chi connectivity index (χ2n) is 5.77. The summed E-state index contributed by atoms with van der Waals surface area (Å²) in [6, 6.07) is 11.5. The number of fused-ring (bicyclic) bond motifs is 1. The fourth-order valence-corrected chi connectivity index (χ4v) is 3.03. The molecule has 2 heterocycles. The van der Waals surface area contributed by atoms with Gasteiger partial charge in [0.2, 0.25) is 0 Å². The number of aromatic nitrogens is 2. The molecule has 24 heavy (non-hydrogen) atoms. The van der Waals surface area contributed by atoms with Crippen molar-refractivity contribution in [3.8, 4) is 16.9 Å². The van der Waals surface area contributed by atoms with Crippen molar-refractivity contribution in [2.24, 2.45) is 0 Å². The van der Waals surface area contributed by atoms with Gasteiger partial charge in [0.15, 0.2) is 0 Å². The van der Waals surface area contributed by atoms with Gasteiger partial charge in [-0.15, -0.1) is 0 Å². The molecule has 0 saturated carbocycles. The van der Waals surface area contributed by atoms with Crippen LogP contribution in [0.2, 0.25) is 0 Å². The van der Waals surface area contributed by atoms with Crippen LogP contribution in [0.15, 0.2) is 47.5 Å². The molecule has 122 valence electrons. The molecular weight excluding hydrogens is 306 g/mol. The Bertz CT molecular complexity index is 946. The highest BCUT2D eigenvalue weighted by Gasteiger charge is 2.13. The molecule has 0 bridgehead atoms. The third-order valence-electron chi connectivity index (χ3n) is 4.28. The molecule has 1 aliphatic rings. The quantitative estimate of drug-likeness (QED) is 0.755. The van der Waals surface area contributed by atoms with Gasteiger partial charge in [0.1, 0.15) is 11.3 Å². The Morgan fingerprint density at radius 1 is 1.12 bits per heavy atom. The minimum atomic E-state index is -0.263. The SMILES string of the molecule is O=c1[nH]cnc2c(O)cc(-c3cccc(N4CCOCC4)c3)cc12. The fourth-order valence-electron chi connectivity index (χ4n) is 3.03. The Hall–Kier alpha value is -2.86. The monoisotopic (exact) mass is 323 g/mol. The molecule has 0 amide bonds. The summed E-state index contributed by atoms with van der Waals surface area (Å²) in [6.07, 6.45) is 1.29. The van der Waals surface area contributed by atoms with Gasteiger partial charge in [-0.05, 0) is 35.4 Å². The second kappa shape index (κ2) is 5.98. The zero-order valence-corrected chi connectivity index (χ0v) is 13.0. The van der Waals surface area contributed by atoms with Crippen LogP contribution in [0.1, 0.15) is 0 Å². The van der Waals surface area contributed by atoms with Gasteiger partial charge in [-0.2, -0.15) is 0 Å². The van der Waals surface area contributed by atoms with Crippen molar-refractivity contribution in [1.82, 2.24) is 9.97 Å². The van der Waals surface area contributed by atoms with Gasteiger partial charge >= 0.3 is 0 Å². The number of anilines is 1. The van der Waals surface area contributed by atoms with Crippen LogP contribution in [0, 0.1) is 0 Å². The van der Waals surface area contributed by atoms with Crippen LogP contribution in [0.4, 0.5) is 5.69 Å². The topological polar surface area (TPSA) is 78.5 Å². The fraction of sp³-hybridized carbons (Fsp3) is 0.222. The number of nitrogens with one attached hydrogen (secondary N) is 1. The molecule has 0 radical (unpaired) electrons. The number of phenols is 1. The lowest BCUT2D eigenvalue weighted by Gasteiger charge is -2.29. The van der Waals surface area contributed by atoms with Gasteiger partial charge in [-0.25, -0.2) is 4.98 Å². The maximum absolute atomic E-state index is 12.0. The third-order valence-corrected chi connectivity index (χ3v) is 4.28. The van der Waals surface area contributed by atoms with Crippen LogP contribution in [-0.4, -0.2) is 41.4 Å². The molecule has 4 rings (SSSR count). The van der Waals surface area contributed by atoms with Crippen molar-refractivity contribution >= 4 is 16.6 Å². The number of ether oxygens (including phenoxy) is 1. The maximum atomic E-state index is 12.0. The average Bonchev–Trinajstić information content (AvgIpc) is 2.63. The van der Waals surface area contributed by atoms with E-state index in [0.29, 0.717) is 10.9 Å². The number of phenolic OH excluding ortho intramolecular Hbond substituents is 1. The van der Waals surface area contributed by atoms with Crippen LogP contribution in [0.3, 0.4) is 0 Å². The predicted octanol–water partition coefficient (Wildman–Crippen LogP) is 2.13. The Labute approximate surface area is 138 Å². The molecule has 1 aliphatic heterocycles. The van der Waals surface area contributed by atoms with E-state index < -0.39 is 0 Å². The first kappa shape index (κ1) is 14.7. The highest BCUT2D eigenvalue weighted by atomic mass is 16.5. The summed E-state index contributed by atoms with van der Waals surface area (Å²) in [6.45, 7) is 3.16. The van der Waals surface area contributed by atoms with Crippen LogP contribution in [0.5, 0.6) is 5.75 Å². The van der Waals surface area contributed by atoms with Crippen LogP contribution >= 0.6 is 0 Å². The molecule has 1 fully saturated rings. The molecule has 0 aliphatic carbocycles. The predicted molar refractivity (Wildman–Crippen MR) is 92.5 cm³/mol. The van der Waals surface area contributed by atoms with E-state index in [2.05, 4.69) is 27.0 Å². The van der Waals surface area contributed by atoms with Crippen molar-refractivity contribution in [2.75, 3.05) is 31.2 Å². The molecule has 6 nitrogen and oxygen atoms in total. The standard InChI is InChI=1S/C18H17N3O3/c22-16-10-13(9-15-17(16)19-11-20-18(15)23)12-2-1-3-14(8-12)21-4-6-24-7-5-21/h1-3,8-11,22H,4-7H2,(H,19,20,23). The number of hydrogen-bond acceptors (Lipinski definition) is 5. The summed E-state index contributed by atoms with van der Waals surface area (Å²) in [4.78, 5) is 20.8. The minimum Gasteiger partial charge on any atom is -0.506 e. The number of benzene rings is 2. The smallest absolute Gasteiger partial charge is 0.258 e. The summed E-state index contributed by atoms with van der Waals surface area (Å²) in [5.74, 6) is 0.00498. The van der Waals surface area contributed by atoms with Gasteiger partial charge in [-0.1, -0.05) is 12.1 Å². The maximum Gasteiger partial charge on any atom is 0.258 e. The highest BCUT2D eigenvalue weighted by Crippen LogP contribution is 2.31. The van der Waals surface area contributed by atoms with Crippen molar-refractivity contribution in [1.29, 1.82) is 0 Å². The van der Waals surface area contributed by atoms with Gasteiger partial charge in [0.25, 0.3) is 5.56 Å². The van der Waals surface area contributed by atoms with E-state index in [-0.39, 0.29) is 11.3 Å². The van der Waals surface area contributed by atoms with E-state index in [0.717, 1.165) is 43.1 Å². The van der Waals surface area contributed by atoms with Crippen molar-refractivity contribution in [2.45, 2.75) is 0 Å². The Kier molecular flexibility index (Phi) is 3.66. The number of aromatic hydroxyl groups is 1. The largest absolute Gasteiger partial charge is 0.506 e. The zero-order chi connectivity index (χ0) is 16.5. The summed E-state index contributed by atoms with van der Waals surface area (Å²) < 4.78 is 5.39. The lowest BCUT2D eigenvalue weighted by Crippen LogP contribution is -2.36. The molecule has 6 heteroatoms. The van der Waals surface area contributed by atoms with Crippen molar-refractivity contribution in [3.63, 3.8) is 0 Å². The van der Waals surface area contributed by atoms with E-state index in [1.165, 1.54) is 6.33 Å². The first-order chi connectivity index (χ1) is 11.7. The highest BCUT2D eigenvalue weighted by molar-refractivity contribution is 5.89. The number of nitrogens with zero attached hydrogens (tertiary/aromatic N) is 2. The molecule has 1 aromatic heterocycles. The lowest BCUT2D eigenvalue weighted by molar-refractivity contribution is 0.122. The van der Waals surface area contributed by atoms with E-state index in [9.17, 15) is 9.90 Å². The first-order valence-electron chi connectivity index (χ1n) is 7.86. The number of rotatable bonds is 2. The molecular formula is C18H17N3O3. The van der Waals surface area contributed by atoms with Crippen LogP contribution in [-0.2, 0) is 4.74 Å². The van der Waals surface area contributed by atoms with Gasteiger partial charge in [0, 0.05) is 18.8 Å². The average molecular weight is 323 g/mol. The first-order valence-corrected chi connectivity index (χ1v) is 7.86. The Morgan fingerprint density at radius 2 is 1.96 bits per heavy atom. The van der Waals surface area contributed by atoms with Crippen molar-refractivity contribution in [3.05, 3.63) is 53.1 Å². The molecule has 2 aromatic carbocycles. The molecule has 0 spiro atoms. The molecule has 0 atom stereocenters. The van der Waals surface area contributed by atoms with Crippen LogP contribution in [0.25, 0.3) is 22.0 Å². The summed E-state index contributed by atoms with van der Waals surface area (Å²) in [5.41, 5.74) is 2.89. The van der Waals surface area contributed by atoms with E-state index in [1.807, 2.05) is 12.1 Å². The Balaban J connectivity index is 1.80.